The summed E-state index contributed by atoms with van der Waals surface area (Å²) in [5, 5.41) is 3.01. The van der Waals surface area contributed by atoms with Crippen molar-refractivity contribution in [3.05, 3.63) is 53.0 Å². The number of hydrogen-bond acceptors (Lipinski definition) is 5. The largest absolute Gasteiger partial charge is 0.396 e. The number of nitrogens with zero attached hydrogens (tertiary/aromatic N) is 1. The maximum Gasteiger partial charge on any atom is 0.141 e. The summed E-state index contributed by atoms with van der Waals surface area (Å²) in [4.78, 5) is 4.07. The smallest absolute Gasteiger partial charge is 0.141 e. The lowest BCUT2D eigenvalue weighted by Gasteiger charge is -2.40. The number of rotatable bonds is 2. The van der Waals surface area contributed by atoms with Crippen LogP contribution in [0.4, 0.5) is 4.39 Å². The van der Waals surface area contributed by atoms with E-state index in [2.05, 4.69) is 10.3 Å². The molecule has 1 unspecified atom stereocenters. The first-order valence-electron chi connectivity index (χ1n) is 5.97. The molecule has 0 fully saturated rings. The Kier molecular flexibility index (Phi) is 3.20. The molecule has 2 atom stereocenters. The van der Waals surface area contributed by atoms with Crippen molar-refractivity contribution >= 4 is 0 Å². The van der Waals surface area contributed by atoms with Crippen molar-refractivity contribution in [1.82, 2.24) is 10.3 Å². The fourth-order valence-electron chi connectivity index (χ4n) is 2.15. The van der Waals surface area contributed by atoms with E-state index in [0.717, 1.165) is 5.57 Å². The van der Waals surface area contributed by atoms with Gasteiger partial charge in [0, 0.05) is 11.6 Å². The summed E-state index contributed by atoms with van der Waals surface area (Å²) in [6, 6.07) is 2.97. The molecular formula is C13H18FN5. The second-order valence-corrected chi connectivity index (χ2v) is 4.81. The van der Waals surface area contributed by atoms with Gasteiger partial charge in [-0.2, -0.15) is 0 Å². The topological polar surface area (TPSA) is 103 Å². The van der Waals surface area contributed by atoms with E-state index in [1.807, 2.05) is 13.8 Å². The molecule has 1 aromatic heterocycles. The van der Waals surface area contributed by atoms with Gasteiger partial charge in [-0.3, -0.25) is 4.98 Å². The molecule has 1 aliphatic rings. The highest BCUT2D eigenvalue weighted by atomic mass is 19.1. The number of nitrogens with one attached hydrogen (secondary N) is 1. The Labute approximate surface area is 111 Å². The lowest BCUT2D eigenvalue weighted by molar-refractivity contribution is 0.352. The molecule has 1 aliphatic heterocycles. The SMILES string of the molecule is CC1=CC(N)=C(N)NC1(N)[C@H](C)c1ccc(F)cn1. The molecule has 5 nitrogen and oxygen atoms in total. The normalized spacial score (nSPS) is 24.7. The van der Waals surface area contributed by atoms with Gasteiger partial charge in [-0.15, -0.1) is 0 Å². The van der Waals surface area contributed by atoms with Gasteiger partial charge in [-0.1, -0.05) is 6.92 Å². The zero-order valence-electron chi connectivity index (χ0n) is 10.9. The van der Waals surface area contributed by atoms with Crippen molar-refractivity contribution in [3.63, 3.8) is 0 Å². The molecule has 0 saturated carbocycles. The van der Waals surface area contributed by atoms with Gasteiger partial charge in [0.1, 0.15) is 17.3 Å². The minimum atomic E-state index is -0.891. The molecule has 0 aliphatic carbocycles. The van der Waals surface area contributed by atoms with E-state index in [9.17, 15) is 4.39 Å². The Morgan fingerprint density at radius 3 is 2.63 bits per heavy atom. The summed E-state index contributed by atoms with van der Waals surface area (Å²) >= 11 is 0. The van der Waals surface area contributed by atoms with Crippen LogP contribution in [0.1, 0.15) is 25.5 Å². The maximum absolute atomic E-state index is 12.9. The summed E-state index contributed by atoms with van der Waals surface area (Å²) in [6.07, 6.45) is 2.91. The fraction of sp³-hybridized carbons (Fsp3) is 0.308. The molecule has 1 aromatic rings. The highest BCUT2D eigenvalue weighted by molar-refractivity contribution is 5.38. The van der Waals surface area contributed by atoms with Crippen LogP contribution in [0.3, 0.4) is 0 Å². The average molecular weight is 263 g/mol. The summed E-state index contributed by atoms with van der Waals surface area (Å²) in [5.74, 6) is -0.243. The highest BCUT2D eigenvalue weighted by Gasteiger charge is 2.38. The van der Waals surface area contributed by atoms with Crippen LogP contribution in [0.15, 0.2) is 41.5 Å². The van der Waals surface area contributed by atoms with Gasteiger partial charge < -0.3 is 22.5 Å². The van der Waals surface area contributed by atoms with Crippen molar-refractivity contribution in [2.45, 2.75) is 25.4 Å². The lowest BCUT2D eigenvalue weighted by atomic mass is 9.83. The van der Waals surface area contributed by atoms with Crippen LogP contribution < -0.4 is 22.5 Å². The standard InChI is InChI=1S/C13H18FN5/c1-7-5-10(15)12(16)19-13(7,17)8(2)11-4-3-9(14)6-18-11/h3-6,8,19H,15-17H2,1-2H3/t8-,13?/m1/s1. The van der Waals surface area contributed by atoms with Gasteiger partial charge in [0.05, 0.1) is 11.9 Å². The molecule has 7 N–H and O–H groups in total. The van der Waals surface area contributed by atoms with E-state index in [-0.39, 0.29) is 11.7 Å². The summed E-state index contributed by atoms with van der Waals surface area (Å²) < 4.78 is 12.9. The quantitative estimate of drug-likeness (QED) is 0.626. The highest BCUT2D eigenvalue weighted by Crippen LogP contribution is 2.31. The van der Waals surface area contributed by atoms with E-state index in [0.29, 0.717) is 17.2 Å². The monoisotopic (exact) mass is 263 g/mol. The van der Waals surface area contributed by atoms with E-state index >= 15 is 0 Å². The third-order valence-corrected chi connectivity index (χ3v) is 3.55. The van der Waals surface area contributed by atoms with Crippen LogP contribution in [0.25, 0.3) is 0 Å². The molecule has 0 spiro atoms. The van der Waals surface area contributed by atoms with Crippen LogP contribution in [-0.4, -0.2) is 10.6 Å². The lowest BCUT2D eigenvalue weighted by Crippen LogP contribution is -2.60. The molecule has 19 heavy (non-hydrogen) atoms. The second kappa shape index (κ2) is 4.55. The minimum absolute atomic E-state index is 0.198. The molecule has 6 heteroatoms. The summed E-state index contributed by atoms with van der Waals surface area (Å²) in [5.41, 5.74) is 19.0. The van der Waals surface area contributed by atoms with Crippen molar-refractivity contribution < 1.29 is 4.39 Å². The second-order valence-electron chi connectivity index (χ2n) is 4.81. The zero-order valence-corrected chi connectivity index (χ0v) is 10.9. The van der Waals surface area contributed by atoms with Gasteiger partial charge in [-0.25, -0.2) is 4.39 Å². The Morgan fingerprint density at radius 1 is 1.37 bits per heavy atom. The summed E-state index contributed by atoms with van der Waals surface area (Å²) in [6.45, 7) is 3.77. The van der Waals surface area contributed by atoms with Crippen LogP contribution in [0, 0.1) is 5.82 Å². The van der Waals surface area contributed by atoms with Gasteiger partial charge in [-0.05, 0) is 30.7 Å². The van der Waals surface area contributed by atoms with E-state index < -0.39 is 5.66 Å². The van der Waals surface area contributed by atoms with Crippen LogP contribution in [0.2, 0.25) is 0 Å². The molecule has 102 valence electrons. The third-order valence-electron chi connectivity index (χ3n) is 3.55. The summed E-state index contributed by atoms with van der Waals surface area (Å²) in [7, 11) is 0. The van der Waals surface area contributed by atoms with Crippen molar-refractivity contribution in [2.75, 3.05) is 0 Å². The minimum Gasteiger partial charge on any atom is -0.396 e. The molecule has 0 radical (unpaired) electrons. The van der Waals surface area contributed by atoms with Crippen molar-refractivity contribution in [3.8, 4) is 0 Å². The Morgan fingerprint density at radius 2 is 2.05 bits per heavy atom. The van der Waals surface area contributed by atoms with Gasteiger partial charge >= 0.3 is 0 Å². The molecule has 2 rings (SSSR count). The first-order chi connectivity index (χ1) is 8.84. The van der Waals surface area contributed by atoms with Crippen LogP contribution in [0.5, 0.6) is 0 Å². The van der Waals surface area contributed by atoms with Gasteiger partial charge in [0.15, 0.2) is 0 Å². The van der Waals surface area contributed by atoms with Crippen LogP contribution in [-0.2, 0) is 0 Å². The molecule has 0 saturated heterocycles. The number of dihydropyridines is 1. The van der Waals surface area contributed by atoms with Gasteiger partial charge in [0.2, 0.25) is 0 Å². The van der Waals surface area contributed by atoms with Crippen LogP contribution >= 0.6 is 0 Å². The predicted octanol–water partition coefficient (Wildman–Crippen LogP) is 0.615. The van der Waals surface area contributed by atoms with E-state index in [4.69, 9.17) is 17.2 Å². The third kappa shape index (κ3) is 2.26. The number of nitrogens with two attached hydrogens (primary N) is 3. The maximum atomic E-state index is 12.9. The number of pyridine rings is 1. The van der Waals surface area contributed by atoms with Crippen molar-refractivity contribution in [1.29, 1.82) is 0 Å². The molecule has 0 amide bonds. The van der Waals surface area contributed by atoms with E-state index in [1.54, 1.807) is 12.1 Å². The molecule has 0 aromatic carbocycles. The number of hydrogen-bond donors (Lipinski definition) is 4. The van der Waals surface area contributed by atoms with Crippen molar-refractivity contribution in [2.24, 2.45) is 17.2 Å². The molecule has 0 bridgehead atoms. The number of halogens is 1. The molecule has 2 heterocycles. The Bertz CT molecular complexity index is 549. The first-order valence-corrected chi connectivity index (χ1v) is 5.97. The Hall–Kier alpha value is -2.08. The fourth-order valence-corrected chi connectivity index (χ4v) is 2.15. The van der Waals surface area contributed by atoms with E-state index in [1.165, 1.54) is 12.3 Å². The number of aromatic nitrogens is 1. The zero-order chi connectivity index (χ0) is 14.2. The molecular weight excluding hydrogens is 245 g/mol. The first kappa shape index (κ1) is 13.4. The van der Waals surface area contributed by atoms with Gasteiger partial charge in [0.25, 0.3) is 0 Å². The average Bonchev–Trinajstić information content (AvgIpc) is 2.36. The predicted molar refractivity (Wildman–Crippen MR) is 71.8 cm³/mol. The number of allylic oxidation sites excluding steroid dienone is 1. The Balaban J connectivity index is 2.36.